The average molecular weight is 316 g/mol. The molecule has 0 unspecified atom stereocenters. The number of nitrogens with zero attached hydrogens (tertiary/aromatic N) is 3. The van der Waals surface area contributed by atoms with E-state index in [4.69, 9.17) is 5.11 Å². The second-order valence-electron chi connectivity index (χ2n) is 6.36. The quantitative estimate of drug-likeness (QED) is 0.767. The molecule has 0 bridgehead atoms. The highest BCUT2D eigenvalue weighted by atomic mass is 16.4. The molecular weight excluding hydrogens is 292 g/mol. The van der Waals surface area contributed by atoms with Gasteiger partial charge in [0.15, 0.2) is 5.82 Å². The minimum Gasteiger partial charge on any atom is -0.481 e. The summed E-state index contributed by atoms with van der Waals surface area (Å²) in [5.41, 5.74) is 2.42. The van der Waals surface area contributed by atoms with Gasteiger partial charge in [0.1, 0.15) is 0 Å². The van der Waals surface area contributed by atoms with Gasteiger partial charge < -0.3 is 10.4 Å². The van der Waals surface area contributed by atoms with Gasteiger partial charge in [-0.2, -0.15) is 5.10 Å². The lowest BCUT2D eigenvalue weighted by molar-refractivity contribution is -0.147. The molecule has 2 rings (SSSR count). The van der Waals surface area contributed by atoms with Gasteiger partial charge >= 0.3 is 5.97 Å². The van der Waals surface area contributed by atoms with Gasteiger partial charge in [0, 0.05) is 24.0 Å². The van der Waals surface area contributed by atoms with Crippen molar-refractivity contribution in [1.82, 2.24) is 20.1 Å². The molecule has 6 heteroatoms. The zero-order chi connectivity index (χ0) is 17.0. The van der Waals surface area contributed by atoms with Crippen LogP contribution in [0.25, 0.3) is 5.82 Å². The third-order valence-corrected chi connectivity index (χ3v) is 4.11. The van der Waals surface area contributed by atoms with Gasteiger partial charge in [-0.25, -0.2) is 9.67 Å². The Labute approximate surface area is 136 Å². The molecule has 0 spiro atoms. The Morgan fingerprint density at radius 3 is 2.70 bits per heavy atom. The van der Waals surface area contributed by atoms with Crippen molar-refractivity contribution in [1.29, 1.82) is 0 Å². The predicted octanol–water partition coefficient (Wildman–Crippen LogP) is 2.47. The number of aromatic nitrogens is 3. The molecule has 0 saturated carbocycles. The monoisotopic (exact) mass is 316 g/mol. The molecule has 0 atom stereocenters. The van der Waals surface area contributed by atoms with E-state index in [1.54, 1.807) is 20.0 Å². The van der Waals surface area contributed by atoms with Crippen LogP contribution in [0.2, 0.25) is 0 Å². The van der Waals surface area contributed by atoms with Crippen LogP contribution in [0, 0.1) is 19.3 Å². The van der Waals surface area contributed by atoms with Crippen LogP contribution < -0.4 is 5.32 Å². The van der Waals surface area contributed by atoms with E-state index in [2.05, 4.69) is 15.4 Å². The lowest BCUT2D eigenvalue weighted by Crippen LogP contribution is -2.29. The van der Waals surface area contributed by atoms with Crippen LogP contribution in [0.3, 0.4) is 0 Å². The molecule has 23 heavy (non-hydrogen) atoms. The highest BCUT2D eigenvalue weighted by Crippen LogP contribution is 2.20. The summed E-state index contributed by atoms with van der Waals surface area (Å²) >= 11 is 0. The predicted molar refractivity (Wildman–Crippen MR) is 88.6 cm³/mol. The number of hydrogen-bond acceptors (Lipinski definition) is 4. The van der Waals surface area contributed by atoms with Crippen molar-refractivity contribution >= 4 is 5.97 Å². The Morgan fingerprint density at radius 1 is 1.35 bits per heavy atom. The van der Waals surface area contributed by atoms with Crippen molar-refractivity contribution in [2.24, 2.45) is 5.41 Å². The van der Waals surface area contributed by atoms with Crippen LogP contribution in [-0.2, 0) is 11.3 Å². The fraction of sp³-hybridized carbons (Fsp3) is 0.471. The van der Waals surface area contributed by atoms with Crippen LogP contribution in [0.5, 0.6) is 0 Å². The number of carbonyl (C=O) groups is 1. The Kier molecular flexibility index (Phi) is 5.15. The highest BCUT2D eigenvalue weighted by Gasteiger charge is 2.26. The second kappa shape index (κ2) is 6.91. The summed E-state index contributed by atoms with van der Waals surface area (Å²) in [7, 11) is 0. The minimum atomic E-state index is -0.769. The number of pyridine rings is 1. The van der Waals surface area contributed by atoms with E-state index in [9.17, 15) is 4.79 Å². The van der Waals surface area contributed by atoms with Gasteiger partial charge in [-0.15, -0.1) is 0 Å². The molecule has 124 valence electrons. The first-order chi connectivity index (χ1) is 10.8. The van der Waals surface area contributed by atoms with Crippen molar-refractivity contribution < 1.29 is 9.90 Å². The van der Waals surface area contributed by atoms with Crippen LogP contribution in [0.4, 0.5) is 0 Å². The van der Waals surface area contributed by atoms with E-state index in [-0.39, 0.29) is 0 Å². The molecule has 2 heterocycles. The molecule has 0 amide bonds. The maximum atomic E-state index is 11.1. The molecule has 2 N–H and O–H groups in total. The fourth-order valence-electron chi connectivity index (χ4n) is 2.35. The first kappa shape index (κ1) is 17.1. The summed E-state index contributed by atoms with van der Waals surface area (Å²) in [6, 6.07) is 5.73. The van der Waals surface area contributed by atoms with Gasteiger partial charge in [0.25, 0.3) is 0 Å². The van der Waals surface area contributed by atoms with Gasteiger partial charge in [0.05, 0.1) is 11.1 Å². The molecule has 0 fully saturated rings. The molecule has 0 saturated heterocycles. The second-order valence-corrected chi connectivity index (χ2v) is 6.36. The third kappa shape index (κ3) is 3.96. The van der Waals surface area contributed by atoms with E-state index in [1.807, 2.05) is 36.7 Å². The topological polar surface area (TPSA) is 80.0 Å². The summed E-state index contributed by atoms with van der Waals surface area (Å²) < 4.78 is 1.84. The van der Waals surface area contributed by atoms with E-state index < -0.39 is 11.4 Å². The summed E-state index contributed by atoms with van der Waals surface area (Å²) in [5, 5.41) is 17.0. The van der Waals surface area contributed by atoms with Crippen molar-refractivity contribution in [3.05, 3.63) is 41.3 Å². The van der Waals surface area contributed by atoms with Crippen LogP contribution in [0.1, 0.15) is 37.2 Å². The fourth-order valence-corrected chi connectivity index (χ4v) is 2.35. The first-order valence-corrected chi connectivity index (χ1v) is 7.73. The number of hydrogen-bond donors (Lipinski definition) is 2. The number of aliphatic carboxylic acids is 1. The van der Waals surface area contributed by atoms with Crippen molar-refractivity contribution in [2.75, 3.05) is 6.54 Å². The van der Waals surface area contributed by atoms with E-state index in [0.29, 0.717) is 19.5 Å². The zero-order valence-electron chi connectivity index (χ0n) is 14.1. The summed E-state index contributed by atoms with van der Waals surface area (Å²) in [5.74, 6) is 0.0287. The highest BCUT2D eigenvalue weighted by molar-refractivity contribution is 5.73. The molecular formula is C17H24N4O2. The SMILES string of the molecule is Cc1nn(-c2ccccn2)c(C)c1CNCCC(C)(C)C(=O)O. The molecule has 0 aromatic carbocycles. The third-order valence-electron chi connectivity index (χ3n) is 4.11. The van der Waals surface area contributed by atoms with Crippen LogP contribution >= 0.6 is 0 Å². The lowest BCUT2D eigenvalue weighted by atomic mass is 9.90. The number of rotatable bonds is 7. The van der Waals surface area contributed by atoms with Crippen LogP contribution in [-0.4, -0.2) is 32.4 Å². The number of carboxylic acid groups (broad SMARTS) is 1. The molecule has 0 aliphatic heterocycles. The first-order valence-electron chi connectivity index (χ1n) is 7.73. The van der Waals surface area contributed by atoms with Crippen molar-refractivity contribution in [3.8, 4) is 5.82 Å². The van der Waals surface area contributed by atoms with Crippen molar-refractivity contribution in [3.63, 3.8) is 0 Å². The largest absolute Gasteiger partial charge is 0.481 e. The normalized spacial score (nSPS) is 11.7. The average Bonchev–Trinajstić information content (AvgIpc) is 2.79. The molecule has 6 nitrogen and oxygen atoms in total. The van der Waals surface area contributed by atoms with Crippen LogP contribution in [0.15, 0.2) is 24.4 Å². The van der Waals surface area contributed by atoms with Gasteiger partial charge in [-0.3, -0.25) is 4.79 Å². The van der Waals surface area contributed by atoms with E-state index >= 15 is 0 Å². The molecule has 0 aliphatic carbocycles. The van der Waals surface area contributed by atoms with E-state index in [1.165, 1.54) is 0 Å². The van der Waals surface area contributed by atoms with Crippen molar-refractivity contribution in [2.45, 2.75) is 40.7 Å². The molecule has 0 aliphatic rings. The molecule has 2 aromatic rings. The zero-order valence-corrected chi connectivity index (χ0v) is 14.1. The van der Waals surface area contributed by atoms with Gasteiger partial charge in [0.2, 0.25) is 0 Å². The smallest absolute Gasteiger partial charge is 0.309 e. The standard InChI is InChI=1S/C17H24N4O2/c1-12-14(11-18-10-8-17(3,4)16(22)23)13(2)21(20-12)15-7-5-6-9-19-15/h5-7,9,18H,8,10-11H2,1-4H3,(H,22,23). The van der Waals surface area contributed by atoms with Gasteiger partial charge in [-0.1, -0.05) is 6.07 Å². The number of aryl methyl sites for hydroxylation is 1. The maximum Gasteiger partial charge on any atom is 0.309 e. The van der Waals surface area contributed by atoms with Gasteiger partial charge in [-0.05, 0) is 52.8 Å². The Morgan fingerprint density at radius 2 is 2.09 bits per heavy atom. The summed E-state index contributed by atoms with van der Waals surface area (Å²) in [6.45, 7) is 8.80. The summed E-state index contributed by atoms with van der Waals surface area (Å²) in [4.78, 5) is 15.4. The Hall–Kier alpha value is -2.21. The number of carboxylic acids is 1. The van der Waals surface area contributed by atoms with E-state index in [0.717, 1.165) is 22.8 Å². The lowest BCUT2D eigenvalue weighted by Gasteiger charge is -2.19. The Bertz CT molecular complexity index is 677. The maximum absolute atomic E-state index is 11.1. The Balaban J connectivity index is 2.02. The molecule has 2 aromatic heterocycles. The number of nitrogens with one attached hydrogen (secondary N) is 1. The summed E-state index contributed by atoms with van der Waals surface area (Å²) in [6.07, 6.45) is 2.33. The molecule has 0 radical (unpaired) electrons. The minimum absolute atomic E-state index is 0.578.